The number of nitrogens with zero attached hydrogens (tertiary/aromatic N) is 2. The predicted octanol–water partition coefficient (Wildman–Crippen LogP) is -0.874. The summed E-state index contributed by atoms with van der Waals surface area (Å²) in [4.78, 5) is 15.8. The normalized spacial score (nSPS) is 18.9. The van der Waals surface area contributed by atoms with Crippen LogP contribution in [0.5, 0.6) is 0 Å². The molecule has 5 nitrogen and oxygen atoms in total. The van der Waals surface area contributed by atoms with E-state index in [2.05, 4.69) is 11.9 Å². The third-order valence-corrected chi connectivity index (χ3v) is 2.56. The average molecular weight is 215 g/mol. The molecule has 2 N–H and O–H groups in total. The van der Waals surface area contributed by atoms with Gasteiger partial charge < -0.3 is 20.3 Å². The maximum Gasteiger partial charge on any atom is 0.248 e. The van der Waals surface area contributed by atoms with Gasteiger partial charge in [0.15, 0.2) is 0 Å². The molecule has 0 bridgehead atoms. The lowest BCUT2D eigenvalue weighted by atomic mass is 10.4. The van der Waals surface area contributed by atoms with E-state index < -0.39 is 0 Å². The van der Waals surface area contributed by atoms with Gasteiger partial charge in [0.25, 0.3) is 0 Å². The third kappa shape index (κ3) is 4.59. The van der Waals surface area contributed by atoms with Gasteiger partial charge in [-0.3, -0.25) is 4.79 Å². The topological polar surface area (TPSA) is 58.8 Å². The van der Waals surface area contributed by atoms with Gasteiger partial charge in [0.1, 0.15) is 6.61 Å². The third-order valence-electron chi connectivity index (χ3n) is 2.56. The van der Waals surface area contributed by atoms with Crippen LogP contribution in [0.25, 0.3) is 0 Å². The predicted molar refractivity (Wildman–Crippen MR) is 58.6 cm³/mol. The monoisotopic (exact) mass is 215 g/mol. The Morgan fingerprint density at radius 2 is 2.13 bits per heavy atom. The van der Waals surface area contributed by atoms with Crippen LogP contribution in [0.2, 0.25) is 0 Å². The summed E-state index contributed by atoms with van der Waals surface area (Å²) in [6, 6.07) is 0. The molecule has 88 valence electrons. The molecule has 0 atom stereocenters. The van der Waals surface area contributed by atoms with E-state index in [1.807, 2.05) is 4.90 Å². The fourth-order valence-electron chi connectivity index (χ4n) is 1.63. The van der Waals surface area contributed by atoms with Crippen LogP contribution in [0.15, 0.2) is 0 Å². The van der Waals surface area contributed by atoms with Crippen LogP contribution in [-0.4, -0.2) is 68.7 Å². The van der Waals surface area contributed by atoms with Crippen molar-refractivity contribution in [2.24, 2.45) is 5.73 Å². The van der Waals surface area contributed by atoms with Crippen LogP contribution >= 0.6 is 0 Å². The molecule has 1 saturated heterocycles. The minimum Gasteiger partial charge on any atom is -0.370 e. The number of ether oxygens (including phenoxy) is 1. The molecule has 0 unspecified atom stereocenters. The highest BCUT2D eigenvalue weighted by Crippen LogP contribution is 2.01. The van der Waals surface area contributed by atoms with Crippen LogP contribution < -0.4 is 5.73 Å². The lowest BCUT2D eigenvalue weighted by Gasteiger charge is -2.20. The fourth-order valence-corrected chi connectivity index (χ4v) is 1.63. The number of hydrogen-bond acceptors (Lipinski definition) is 4. The second kappa shape index (κ2) is 6.76. The average Bonchev–Trinajstić information content (AvgIpc) is 2.43. The number of hydrogen-bond donors (Lipinski definition) is 1. The second-order valence-corrected chi connectivity index (χ2v) is 3.88. The molecule has 1 rings (SSSR count). The molecule has 0 aromatic heterocycles. The molecular weight excluding hydrogens is 194 g/mol. The molecule has 15 heavy (non-hydrogen) atoms. The fraction of sp³-hybridized carbons (Fsp3) is 0.900. The van der Waals surface area contributed by atoms with Crippen molar-refractivity contribution in [1.82, 2.24) is 9.80 Å². The van der Waals surface area contributed by atoms with Crippen molar-refractivity contribution in [3.63, 3.8) is 0 Å². The van der Waals surface area contributed by atoms with Crippen LogP contribution in [0.1, 0.15) is 6.42 Å². The quantitative estimate of drug-likeness (QED) is 0.619. The van der Waals surface area contributed by atoms with Crippen molar-refractivity contribution in [1.29, 1.82) is 0 Å². The maximum atomic E-state index is 11.7. The number of carbonyl (C=O) groups is 1. The van der Waals surface area contributed by atoms with Gasteiger partial charge in [0.05, 0.1) is 6.61 Å². The first-order chi connectivity index (χ1) is 7.24. The van der Waals surface area contributed by atoms with E-state index in [0.717, 1.165) is 32.6 Å². The smallest absolute Gasteiger partial charge is 0.248 e. The van der Waals surface area contributed by atoms with Crippen molar-refractivity contribution in [2.75, 3.05) is 53.0 Å². The first-order valence-electron chi connectivity index (χ1n) is 5.48. The molecule has 1 fully saturated rings. The van der Waals surface area contributed by atoms with E-state index in [4.69, 9.17) is 10.5 Å². The van der Waals surface area contributed by atoms with Gasteiger partial charge >= 0.3 is 0 Å². The number of nitrogens with two attached hydrogens (primary N) is 1. The minimum absolute atomic E-state index is 0.0822. The zero-order valence-corrected chi connectivity index (χ0v) is 9.45. The molecule has 1 heterocycles. The summed E-state index contributed by atoms with van der Waals surface area (Å²) in [5, 5.41) is 0. The molecule has 0 aliphatic carbocycles. The van der Waals surface area contributed by atoms with Gasteiger partial charge in [0.2, 0.25) is 5.91 Å². The molecular formula is C10H21N3O2. The standard InChI is InChI=1S/C10H21N3O2/c1-12-4-2-5-13(7-6-12)10(14)9-15-8-3-11/h2-9,11H2,1H3. The van der Waals surface area contributed by atoms with Crippen molar-refractivity contribution in [2.45, 2.75) is 6.42 Å². The first kappa shape index (κ1) is 12.4. The van der Waals surface area contributed by atoms with Crippen LogP contribution in [0, 0.1) is 0 Å². The molecule has 0 radical (unpaired) electrons. The highest BCUT2D eigenvalue weighted by molar-refractivity contribution is 5.77. The number of amides is 1. The molecule has 5 heteroatoms. The highest BCUT2D eigenvalue weighted by atomic mass is 16.5. The summed E-state index contributed by atoms with van der Waals surface area (Å²) in [5.41, 5.74) is 5.28. The van der Waals surface area contributed by atoms with Gasteiger partial charge in [-0.15, -0.1) is 0 Å². The summed E-state index contributed by atoms with van der Waals surface area (Å²) in [5.74, 6) is 0.0822. The maximum absolute atomic E-state index is 11.7. The molecule has 0 aromatic carbocycles. The molecule has 1 amide bonds. The Kier molecular flexibility index (Phi) is 5.60. The molecule has 1 aliphatic rings. The van der Waals surface area contributed by atoms with E-state index >= 15 is 0 Å². The Morgan fingerprint density at radius 1 is 1.33 bits per heavy atom. The van der Waals surface area contributed by atoms with Gasteiger partial charge in [-0.05, 0) is 20.0 Å². The van der Waals surface area contributed by atoms with Crippen molar-refractivity contribution in [3.05, 3.63) is 0 Å². The molecule has 0 saturated carbocycles. The number of carbonyl (C=O) groups excluding carboxylic acids is 1. The van der Waals surface area contributed by atoms with Crippen LogP contribution in [0.3, 0.4) is 0 Å². The van der Waals surface area contributed by atoms with E-state index in [1.165, 1.54) is 0 Å². The molecule has 0 spiro atoms. The first-order valence-corrected chi connectivity index (χ1v) is 5.48. The Balaban J connectivity index is 2.25. The number of likely N-dealkylation sites (N-methyl/N-ethyl adjacent to an activating group) is 1. The summed E-state index contributed by atoms with van der Waals surface area (Å²) >= 11 is 0. The zero-order chi connectivity index (χ0) is 11.1. The Bertz CT molecular complexity index is 199. The summed E-state index contributed by atoms with van der Waals surface area (Å²) < 4.78 is 5.14. The van der Waals surface area contributed by atoms with E-state index in [9.17, 15) is 4.79 Å². The van der Waals surface area contributed by atoms with Crippen molar-refractivity contribution < 1.29 is 9.53 Å². The SMILES string of the molecule is CN1CCCN(C(=O)COCCN)CC1. The zero-order valence-electron chi connectivity index (χ0n) is 9.45. The lowest BCUT2D eigenvalue weighted by Crippen LogP contribution is -2.37. The van der Waals surface area contributed by atoms with E-state index in [-0.39, 0.29) is 12.5 Å². The van der Waals surface area contributed by atoms with Gasteiger partial charge in [-0.25, -0.2) is 0 Å². The van der Waals surface area contributed by atoms with Crippen LogP contribution in [0.4, 0.5) is 0 Å². The Morgan fingerprint density at radius 3 is 2.87 bits per heavy atom. The van der Waals surface area contributed by atoms with Gasteiger partial charge in [0, 0.05) is 26.2 Å². The number of rotatable bonds is 4. The van der Waals surface area contributed by atoms with Crippen LogP contribution in [-0.2, 0) is 9.53 Å². The summed E-state index contributed by atoms with van der Waals surface area (Å²) in [7, 11) is 2.08. The van der Waals surface area contributed by atoms with Gasteiger partial charge in [-0.2, -0.15) is 0 Å². The van der Waals surface area contributed by atoms with E-state index in [0.29, 0.717) is 13.2 Å². The summed E-state index contributed by atoms with van der Waals surface area (Å²) in [6.07, 6.45) is 1.04. The minimum atomic E-state index is 0.0822. The Hall–Kier alpha value is -0.650. The Labute approximate surface area is 91.2 Å². The van der Waals surface area contributed by atoms with Crippen molar-refractivity contribution in [3.8, 4) is 0 Å². The molecule has 1 aliphatic heterocycles. The highest BCUT2D eigenvalue weighted by Gasteiger charge is 2.16. The van der Waals surface area contributed by atoms with E-state index in [1.54, 1.807) is 0 Å². The second-order valence-electron chi connectivity index (χ2n) is 3.88. The van der Waals surface area contributed by atoms with Crippen molar-refractivity contribution >= 4 is 5.91 Å². The molecule has 0 aromatic rings. The largest absolute Gasteiger partial charge is 0.370 e. The van der Waals surface area contributed by atoms with Gasteiger partial charge in [-0.1, -0.05) is 0 Å². The lowest BCUT2D eigenvalue weighted by molar-refractivity contribution is -0.135. The summed E-state index contributed by atoms with van der Waals surface area (Å²) in [6.45, 7) is 4.75.